The van der Waals surface area contributed by atoms with Crippen molar-refractivity contribution in [3.63, 3.8) is 0 Å². The number of para-hydroxylation sites is 1. The number of anilines is 1. The van der Waals surface area contributed by atoms with E-state index in [4.69, 9.17) is 4.74 Å². The molecular formula is C13H15N3O2S. The first-order valence-electron chi connectivity index (χ1n) is 5.89. The maximum absolute atomic E-state index is 11.9. The molecule has 2 aromatic rings. The highest BCUT2D eigenvalue weighted by Gasteiger charge is 2.17. The Kier molecular flexibility index (Phi) is 4.11. The third-order valence-electron chi connectivity index (χ3n) is 2.52. The predicted molar refractivity (Wildman–Crippen MR) is 74.5 cm³/mol. The van der Waals surface area contributed by atoms with E-state index in [0.29, 0.717) is 10.9 Å². The Bertz CT molecular complexity index is 583. The molecule has 0 saturated carbocycles. The van der Waals surface area contributed by atoms with Crippen molar-refractivity contribution in [1.29, 1.82) is 0 Å². The molecular weight excluding hydrogens is 262 g/mol. The summed E-state index contributed by atoms with van der Waals surface area (Å²) in [6, 6.07) is 7.58. The molecule has 1 aromatic carbocycles. The van der Waals surface area contributed by atoms with E-state index < -0.39 is 6.10 Å². The molecule has 100 valence electrons. The van der Waals surface area contributed by atoms with Gasteiger partial charge in [0.2, 0.25) is 5.13 Å². The number of hydrogen-bond acceptors (Lipinski definition) is 5. The third-order valence-corrected chi connectivity index (χ3v) is 3.28. The van der Waals surface area contributed by atoms with Crippen LogP contribution in [0.25, 0.3) is 0 Å². The molecule has 2 rings (SSSR count). The number of aromatic nitrogens is 2. The molecule has 19 heavy (non-hydrogen) atoms. The van der Waals surface area contributed by atoms with Gasteiger partial charge in [-0.25, -0.2) is 0 Å². The van der Waals surface area contributed by atoms with E-state index in [1.54, 1.807) is 6.92 Å². The molecule has 0 saturated heterocycles. The van der Waals surface area contributed by atoms with Gasteiger partial charge in [-0.1, -0.05) is 29.5 Å². The van der Waals surface area contributed by atoms with Gasteiger partial charge in [-0.05, 0) is 32.4 Å². The second-order valence-corrected chi connectivity index (χ2v) is 5.32. The molecule has 5 nitrogen and oxygen atoms in total. The summed E-state index contributed by atoms with van der Waals surface area (Å²) in [6.07, 6.45) is -0.592. The van der Waals surface area contributed by atoms with Crippen molar-refractivity contribution in [3.05, 3.63) is 34.8 Å². The lowest BCUT2D eigenvalue weighted by molar-refractivity contribution is -0.122. The van der Waals surface area contributed by atoms with E-state index in [0.717, 1.165) is 10.6 Å². The number of nitrogens with zero attached hydrogens (tertiary/aromatic N) is 2. The van der Waals surface area contributed by atoms with Gasteiger partial charge in [0.05, 0.1) is 0 Å². The van der Waals surface area contributed by atoms with Crippen LogP contribution in [0, 0.1) is 13.8 Å². The fourth-order valence-electron chi connectivity index (χ4n) is 1.49. The van der Waals surface area contributed by atoms with Crippen LogP contribution < -0.4 is 10.1 Å². The van der Waals surface area contributed by atoms with E-state index in [9.17, 15) is 4.79 Å². The summed E-state index contributed by atoms with van der Waals surface area (Å²) in [5.41, 5.74) is 0.994. The third kappa shape index (κ3) is 3.51. The van der Waals surface area contributed by atoms with E-state index in [1.807, 2.05) is 38.1 Å². The number of carbonyl (C=O) groups excluding carboxylic acids is 1. The van der Waals surface area contributed by atoms with Gasteiger partial charge in [-0.2, -0.15) is 0 Å². The van der Waals surface area contributed by atoms with Crippen molar-refractivity contribution in [2.24, 2.45) is 0 Å². The number of ether oxygens (including phenoxy) is 1. The SMILES string of the molecule is Cc1nnc(NC(=O)[C@H](C)Oc2ccccc2C)s1. The van der Waals surface area contributed by atoms with Gasteiger partial charge in [-0.3, -0.25) is 10.1 Å². The minimum absolute atomic E-state index is 0.237. The number of carbonyl (C=O) groups is 1. The van der Waals surface area contributed by atoms with Crippen LogP contribution in [0.5, 0.6) is 5.75 Å². The average Bonchev–Trinajstić information content (AvgIpc) is 2.77. The smallest absolute Gasteiger partial charge is 0.266 e. The van der Waals surface area contributed by atoms with Crippen molar-refractivity contribution in [1.82, 2.24) is 10.2 Å². The van der Waals surface area contributed by atoms with Crippen LogP contribution in [-0.2, 0) is 4.79 Å². The normalized spacial score (nSPS) is 11.9. The Hall–Kier alpha value is -1.95. The van der Waals surface area contributed by atoms with Gasteiger partial charge in [0.25, 0.3) is 5.91 Å². The largest absolute Gasteiger partial charge is 0.481 e. The fraction of sp³-hybridized carbons (Fsp3) is 0.308. The lowest BCUT2D eigenvalue weighted by Crippen LogP contribution is -2.30. The van der Waals surface area contributed by atoms with Crippen LogP contribution in [0.4, 0.5) is 5.13 Å². The molecule has 6 heteroatoms. The molecule has 1 heterocycles. The molecule has 0 fully saturated rings. The second kappa shape index (κ2) is 5.79. The van der Waals surface area contributed by atoms with Gasteiger partial charge < -0.3 is 4.74 Å². The van der Waals surface area contributed by atoms with E-state index in [2.05, 4.69) is 15.5 Å². The Morgan fingerprint density at radius 1 is 1.32 bits per heavy atom. The summed E-state index contributed by atoms with van der Waals surface area (Å²) in [6.45, 7) is 5.48. The molecule has 1 aromatic heterocycles. The Labute approximate surface area is 115 Å². The lowest BCUT2D eigenvalue weighted by Gasteiger charge is -2.15. The Morgan fingerprint density at radius 3 is 2.68 bits per heavy atom. The summed E-state index contributed by atoms with van der Waals surface area (Å²) >= 11 is 1.33. The lowest BCUT2D eigenvalue weighted by atomic mass is 10.2. The van der Waals surface area contributed by atoms with E-state index in [1.165, 1.54) is 11.3 Å². The number of amides is 1. The van der Waals surface area contributed by atoms with Crippen LogP contribution in [-0.4, -0.2) is 22.2 Å². The molecule has 0 aliphatic carbocycles. The summed E-state index contributed by atoms with van der Waals surface area (Å²) in [5, 5.41) is 11.7. The zero-order chi connectivity index (χ0) is 13.8. The predicted octanol–water partition coefficient (Wildman–Crippen LogP) is 2.56. The second-order valence-electron chi connectivity index (χ2n) is 4.14. The topological polar surface area (TPSA) is 64.1 Å². The molecule has 0 radical (unpaired) electrons. The molecule has 0 bridgehead atoms. The van der Waals surface area contributed by atoms with Crippen molar-refractivity contribution in [2.45, 2.75) is 26.9 Å². The standard InChI is InChI=1S/C13H15N3O2S/c1-8-6-4-5-7-11(8)18-9(2)12(17)14-13-16-15-10(3)19-13/h4-7,9H,1-3H3,(H,14,16,17)/t9-/m0/s1. The first-order chi connectivity index (χ1) is 9.06. The first-order valence-corrected chi connectivity index (χ1v) is 6.71. The minimum Gasteiger partial charge on any atom is -0.481 e. The summed E-state index contributed by atoms with van der Waals surface area (Å²) in [7, 11) is 0. The number of aryl methyl sites for hydroxylation is 2. The highest BCUT2D eigenvalue weighted by atomic mass is 32.1. The summed E-state index contributed by atoms with van der Waals surface area (Å²) < 4.78 is 5.63. The van der Waals surface area contributed by atoms with Crippen molar-refractivity contribution in [2.75, 3.05) is 5.32 Å². The van der Waals surface area contributed by atoms with Gasteiger partial charge in [0.1, 0.15) is 10.8 Å². The minimum atomic E-state index is -0.592. The van der Waals surface area contributed by atoms with Crippen molar-refractivity contribution in [3.8, 4) is 5.75 Å². The molecule has 1 N–H and O–H groups in total. The van der Waals surface area contributed by atoms with Gasteiger partial charge in [0.15, 0.2) is 6.10 Å². The van der Waals surface area contributed by atoms with Gasteiger partial charge in [-0.15, -0.1) is 10.2 Å². The Morgan fingerprint density at radius 2 is 2.05 bits per heavy atom. The highest BCUT2D eigenvalue weighted by Crippen LogP contribution is 2.19. The quantitative estimate of drug-likeness (QED) is 0.932. The number of rotatable bonds is 4. The van der Waals surface area contributed by atoms with E-state index >= 15 is 0 Å². The van der Waals surface area contributed by atoms with Crippen molar-refractivity contribution >= 4 is 22.4 Å². The van der Waals surface area contributed by atoms with Gasteiger partial charge in [0, 0.05) is 0 Å². The zero-order valence-corrected chi connectivity index (χ0v) is 11.8. The highest BCUT2D eigenvalue weighted by molar-refractivity contribution is 7.15. The molecule has 0 unspecified atom stereocenters. The maximum atomic E-state index is 11.9. The number of nitrogens with one attached hydrogen (secondary N) is 1. The number of hydrogen-bond donors (Lipinski definition) is 1. The van der Waals surface area contributed by atoms with Crippen LogP contribution in [0.3, 0.4) is 0 Å². The van der Waals surface area contributed by atoms with Crippen LogP contribution in [0.1, 0.15) is 17.5 Å². The molecule has 0 aliphatic heterocycles. The summed E-state index contributed by atoms with van der Waals surface area (Å²) in [4.78, 5) is 11.9. The zero-order valence-electron chi connectivity index (χ0n) is 11.0. The first kappa shape index (κ1) is 13.5. The van der Waals surface area contributed by atoms with Crippen LogP contribution in [0.2, 0.25) is 0 Å². The summed E-state index contributed by atoms with van der Waals surface area (Å²) in [5.74, 6) is 0.470. The van der Waals surface area contributed by atoms with Crippen molar-refractivity contribution < 1.29 is 9.53 Å². The molecule has 0 aliphatic rings. The average molecular weight is 277 g/mol. The van der Waals surface area contributed by atoms with Crippen LogP contribution >= 0.6 is 11.3 Å². The monoisotopic (exact) mass is 277 g/mol. The van der Waals surface area contributed by atoms with Crippen LogP contribution in [0.15, 0.2) is 24.3 Å². The maximum Gasteiger partial charge on any atom is 0.266 e. The fourth-order valence-corrected chi connectivity index (χ4v) is 2.08. The molecule has 1 atom stereocenters. The number of benzene rings is 1. The van der Waals surface area contributed by atoms with E-state index in [-0.39, 0.29) is 5.91 Å². The molecule has 0 spiro atoms. The molecule has 1 amide bonds. The van der Waals surface area contributed by atoms with Gasteiger partial charge >= 0.3 is 0 Å². The Balaban J connectivity index is 1.98.